The molecular weight excluding hydrogens is 224 g/mol. The van der Waals surface area contributed by atoms with Crippen molar-refractivity contribution < 1.29 is 13.5 Å². The summed E-state index contributed by atoms with van der Waals surface area (Å²) in [6.07, 6.45) is 1.27. The Labute approximate surface area is 93.1 Å². The molecule has 0 amide bonds. The van der Waals surface area contributed by atoms with Crippen molar-refractivity contribution in [1.29, 1.82) is 0 Å². The highest BCUT2D eigenvalue weighted by atomic mass is 35.5. The first-order valence-corrected chi connectivity index (χ1v) is 4.01. The van der Waals surface area contributed by atoms with Crippen molar-refractivity contribution in [3.05, 3.63) is 42.0 Å². The maximum atomic E-state index is 13.3. The number of benzene rings is 1. The molecular formula is C10H12ClF2NO. The van der Waals surface area contributed by atoms with Crippen LogP contribution < -0.4 is 10.5 Å². The first-order chi connectivity index (χ1) is 6.60. The average molecular weight is 236 g/mol. The Bertz CT molecular complexity index is 334. The van der Waals surface area contributed by atoms with Crippen LogP contribution in [-0.4, -0.2) is 7.11 Å². The molecule has 0 aliphatic heterocycles. The fourth-order valence-corrected chi connectivity index (χ4v) is 1.12. The minimum Gasteiger partial charge on any atom is -0.497 e. The summed E-state index contributed by atoms with van der Waals surface area (Å²) < 4.78 is 31.3. The lowest BCUT2D eigenvalue weighted by Crippen LogP contribution is -2.11. The third-order valence-electron chi connectivity index (χ3n) is 1.88. The average Bonchev–Trinajstić information content (AvgIpc) is 2.16. The lowest BCUT2D eigenvalue weighted by molar-refractivity contribution is 0.404. The van der Waals surface area contributed by atoms with Gasteiger partial charge in [-0.1, -0.05) is 6.08 Å². The molecule has 84 valence electrons. The van der Waals surface area contributed by atoms with Gasteiger partial charge in [-0.3, -0.25) is 0 Å². The van der Waals surface area contributed by atoms with Gasteiger partial charge in [0, 0.05) is 17.7 Å². The first-order valence-electron chi connectivity index (χ1n) is 4.01. The van der Waals surface area contributed by atoms with Crippen LogP contribution in [-0.2, 0) is 0 Å². The molecule has 2 nitrogen and oxygen atoms in total. The van der Waals surface area contributed by atoms with Crippen LogP contribution in [0.4, 0.5) is 8.78 Å². The molecule has 1 aromatic rings. The molecule has 0 aliphatic carbocycles. The maximum Gasteiger partial charge on any atom is 0.134 e. The summed E-state index contributed by atoms with van der Waals surface area (Å²) in [7, 11) is 1.33. The Kier molecular flexibility index (Phi) is 5.25. The largest absolute Gasteiger partial charge is 0.497 e. The second-order valence-electron chi connectivity index (χ2n) is 2.77. The van der Waals surface area contributed by atoms with Gasteiger partial charge in [-0.15, -0.1) is 19.0 Å². The molecule has 0 aromatic heterocycles. The molecule has 0 spiro atoms. The molecule has 5 heteroatoms. The lowest BCUT2D eigenvalue weighted by atomic mass is 10.1. The molecule has 0 bridgehead atoms. The van der Waals surface area contributed by atoms with Crippen molar-refractivity contribution in [3.63, 3.8) is 0 Å². The molecule has 0 aliphatic rings. The Morgan fingerprint density at radius 2 is 1.87 bits per heavy atom. The molecule has 0 radical (unpaired) electrons. The Morgan fingerprint density at radius 3 is 2.20 bits per heavy atom. The van der Waals surface area contributed by atoms with Crippen LogP contribution in [0.15, 0.2) is 24.8 Å². The second kappa shape index (κ2) is 5.68. The predicted octanol–water partition coefficient (Wildman–Crippen LogP) is 2.58. The molecule has 15 heavy (non-hydrogen) atoms. The smallest absolute Gasteiger partial charge is 0.134 e. The van der Waals surface area contributed by atoms with E-state index in [9.17, 15) is 8.78 Å². The van der Waals surface area contributed by atoms with Gasteiger partial charge in [-0.2, -0.15) is 0 Å². The van der Waals surface area contributed by atoms with Gasteiger partial charge in [0.25, 0.3) is 0 Å². The minimum atomic E-state index is -0.846. The number of nitrogens with two attached hydrogens (primary N) is 1. The van der Waals surface area contributed by atoms with E-state index < -0.39 is 17.7 Å². The molecule has 1 rings (SSSR count). The molecule has 1 aromatic carbocycles. The SMILES string of the molecule is C=C[C@H](N)c1c(F)cc(OC)cc1F.Cl. The van der Waals surface area contributed by atoms with Crippen molar-refractivity contribution in [2.75, 3.05) is 7.11 Å². The van der Waals surface area contributed by atoms with Gasteiger partial charge in [0.2, 0.25) is 0 Å². The zero-order chi connectivity index (χ0) is 10.7. The van der Waals surface area contributed by atoms with Gasteiger partial charge in [0.05, 0.1) is 13.2 Å². The standard InChI is InChI=1S/C10H11F2NO.ClH/c1-3-9(13)10-7(11)4-6(14-2)5-8(10)12;/h3-5,9H,1,13H2,2H3;1H/t9-;/m0./s1. The zero-order valence-electron chi connectivity index (χ0n) is 8.17. The van der Waals surface area contributed by atoms with Gasteiger partial charge in [-0.05, 0) is 0 Å². The van der Waals surface area contributed by atoms with Crippen molar-refractivity contribution >= 4 is 12.4 Å². The summed E-state index contributed by atoms with van der Waals surface area (Å²) >= 11 is 0. The quantitative estimate of drug-likeness (QED) is 0.818. The van der Waals surface area contributed by atoms with Crippen LogP contribution in [0.25, 0.3) is 0 Å². The summed E-state index contributed by atoms with van der Waals surface area (Å²) in [6, 6.07) is 1.32. The van der Waals surface area contributed by atoms with Crippen LogP contribution in [0.5, 0.6) is 5.75 Å². The van der Waals surface area contributed by atoms with Crippen molar-refractivity contribution in [2.45, 2.75) is 6.04 Å². The summed E-state index contributed by atoms with van der Waals surface area (Å²) in [4.78, 5) is 0. The van der Waals surface area contributed by atoms with Crippen LogP contribution in [0.1, 0.15) is 11.6 Å². The fourth-order valence-electron chi connectivity index (χ4n) is 1.12. The Morgan fingerprint density at radius 1 is 1.40 bits per heavy atom. The number of methoxy groups -OCH3 is 1. The molecule has 0 fully saturated rings. The lowest BCUT2D eigenvalue weighted by Gasteiger charge is -2.10. The monoisotopic (exact) mass is 235 g/mol. The van der Waals surface area contributed by atoms with E-state index in [1.165, 1.54) is 13.2 Å². The molecule has 0 heterocycles. The molecule has 0 unspecified atom stereocenters. The van der Waals surface area contributed by atoms with Crippen molar-refractivity contribution in [2.24, 2.45) is 5.73 Å². The van der Waals surface area contributed by atoms with E-state index >= 15 is 0 Å². The van der Waals surface area contributed by atoms with Crippen molar-refractivity contribution in [1.82, 2.24) is 0 Å². The van der Waals surface area contributed by atoms with Crippen LogP contribution in [0, 0.1) is 11.6 Å². The van der Waals surface area contributed by atoms with Crippen molar-refractivity contribution in [3.8, 4) is 5.75 Å². The van der Waals surface area contributed by atoms with E-state index in [4.69, 9.17) is 10.5 Å². The third-order valence-corrected chi connectivity index (χ3v) is 1.88. The van der Waals surface area contributed by atoms with Gasteiger partial charge >= 0.3 is 0 Å². The van der Waals surface area contributed by atoms with E-state index in [1.54, 1.807) is 0 Å². The van der Waals surface area contributed by atoms with E-state index in [-0.39, 0.29) is 23.7 Å². The summed E-state index contributed by atoms with van der Waals surface area (Å²) in [5.41, 5.74) is 5.25. The Balaban J connectivity index is 0.00000196. The molecule has 2 N–H and O–H groups in total. The van der Waals surface area contributed by atoms with Crippen LogP contribution in [0.2, 0.25) is 0 Å². The second-order valence-corrected chi connectivity index (χ2v) is 2.77. The normalized spacial score (nSPS) is 11.5. The van der Waals surface area contributed by atoms with E-state index in [1.807, 2.05) is 0 Å². The number of halogens is 3. The summed E-state index contributed by atoms with van der Waals surface area (Å²) in [6.45, 7) is 3.37. The maximum absolute atomic E-state index is 13.3. The highest BCUT2D eigenvalue weighted by Gasteiger charge is 2.15. The van der Waals surface area contributed by atoms with Gasteiger partial charge in [0.15, 0.2) is 0 Å². The van der Waals surface area contributed by atoms with Gasteiger partial charge in [-0.25, -0.2) is 8.78 Å². The molecule has 0 saturated heterocycles. The van der Waals surface area contributed by atoms with Crippen LogP contribution in [0.3, 0.4) is 0 Å². The van der Waals surface area contributed by atoms with Crippen LogP contribution >= 0.6 is 12.4 Å². The molecule has 1 atom stereocenters. The number of rotatable bonds is 3. The highest BCUT2D eigenvalue weighted by molar-refractivity contribution is 5.85. The Hall–Kier alpha value is -1.13. The summed E-state index contributed by atoms with van der Waals surface area (Å²) in [5.74, 6) is -1.33. The number of hydrogen-bond donors (Lipinski definition) is 1. The predicted molar refractivity (Wildman–Crippen MR) is 57.3 cm³/mol. The number of hydrogen-bond acceptors (Lipinski definition) is 2. The van der Waals surface area contributed by atoms with E-state index in [0.717, 1.165) is 12.1 Å². The zero-order valence-corrected chi connectivity index (χ0v) is 8.98. The topological polar surface area (TPSA) is 35.2 Å². The van der Waals surface area contributed by atoms with E-state index in [0.29, 0.717) is 0 Å². The molecule has 0 saturated carbocycles. The van der Waals surface area contributed by atoms with E-state index in [2.05, 4.69) is 6.58 Å². The first kappa shape index (κ1) is 13.9. The fraction of sp³-hybridized carbons (Fsp3) is 0.200. The third kappa shape index (κ3) is 2.91. The van der Waals surface area contributed by atoms with Gasteiger partial charge in [0.1, 0.15) is 17.4 Å². The number of ether oxygens (including phenoxy) is 1. The van der Waals surface area contributed by atoms with Gasteiger partial charge < -0.3 is 10.5 Å². The summed E-state index contributed by atoms with van der Waals surface area (Å²) in [5, 5.41) is 0. The highest BCUT2D eigenvalue weighted by Crippen LogP contribution is 2.24. The minimum absolute atomic E-state index is 0.